The molecule has 2 heterocycles. The zero-order valence-corrected chi connectivity index (χ0v) is 16.2. The number of anilines is 1. The number of carbonyl (C=O) groups is 2. The summed E-state index contributed by atoms with van der Waals surface area (Å²) in [7, 11) is 2.03. The van der Waals surface area contributed by atoms with Gasteiger partial charge in [0.05, 0.1) is 11.3 Å². The smallest absolute Gasteiger partial charge is 0.257 e. The van der Waals surface area contributed by atoms with Crippen LogP contribution in [0.15, 0.2) is 29.8 Å². The summed E-state index contributed by atoms with van der Waals surface area (Å²) in [6, 6.07) is 5.48. The number of nitrogens with one attached hydrogen (secondary N) is 1. The first-order chi connectivity index (χ1) is 13.1. The largest absolute Gasteiger partial charge is 0.354 e. The molecule has 1 saturated heterocycles. The Kier molecular flexibility index (Phi) is 5.19. The zero-order chi connectivity index (χ0) is 18.8. The summed E-state index contributed by atoms with van der Waals surface area (Å²) < 4.78 is 0. The summed E-state index contributed by atoms with van der Waals surface area (Å²) in [5.74, 6) is 0.0464. The summed E-state index contributed by atoms with van der Waals surface area (Å²) in [4.78, 5) is 29.6. The van der Waals surface area contributed by atoms with Crippen LogP contribution in [-0.2, 0) is 0 Å². The predicted molar refractivity (Wildman–Crippen MR) is 107 cm³/mol. The van der Waals surface area contributed by atoms with Crippen molar-refractivity contribution in [1.82, 2.24) is 10.2 Å². The topological polar surface area (TPSA) is 52.7 Å². The first-order valence-corrected chi connectivity index (χ1v) is 10.3. The predicted octanol–water partition coefficient (Wildman–Crippen LogP) is 3.71. The van der Waals surface area contributed by atoms with E-state index in [1.165, 1.54) is 31.3 Å². The Morgan fingerprint density at radius 1 is 1.22 bits per heavy atom. The molecule has 27 heavy (non-hydrogen) atoms. The highest BCUT2D eigenvalue weighted by Gasteiger charge is 2.37. The Labute approximate surface area is 161 Å². The molecule has 1 aliphatic carbocycles. The Hall–Kier alpha value is -2.30. The standard InChI is InChI=1S/C22H29N3O2/c1-24-19-15-17(21(26)23-13-12-16-7-3-2-4-8-16)10-11-18(19)22(27)25-14-6-5-9-20(24)25/h7,10-11,15,20H,2-6,8-9,12-14H2,1H3,(H,23,26)/t20-/m0/s1. The number of benzene rings is 1. The second kappa shape index (κ2) is 7.75. The first kappa shape index (κ1) is 18.1. The van der Waals surface area contributed by atoms with Crippen LogP contribution in [0.2, 0.25) is 0 Å². The molecule has 2 aliphatic heterocycles. The molecule has 3 aliphatic rings. The molecular formula is C22H29N3O2. The number of nitrogens with zero attached hydrogens (tertiary/aromatic N) is 2. The minimum absolute atomic E-state index is 0.0545. The van der Waals surface area contributed by atoms with Crippen LogP contribution in [0, 0.1) is 0 Å². The molecule has 5 nitrogen and oxygen atoms in total. The number of rotatable bonds is 4. The van der Waals surface area contributed by atoms with Crippen molar-refractivity contribution in [1.29, 1.82) is 0 Å². The number of piperidine rings is 1. The van der Waals surface area contributed by atoms with Gasteiger partial charge in [0.2, 0.25) is 0 Å². The minimum Gasteiger partial charge on any atom is -0.354 e. The van der Waals surface area contributed by atoms with Crippen LogP contribution in [0.1, 0.15) is 72.1 Å². The van der Waals surface area contributed by atoms with Crippen molar-refractivity contribution in [3.05, 3.63) is 41.0 Å². The lowest BCUT2D eigenvalue weighted by Crippen LogP contribution is -2.55. The zero-order valence-electron chi connectivity index (χ0n) is 16.2. The number of carbonyl (C=O) groups excluding carboxylic acids is 2. The Morgan fingerprint density at radius 3 is 2.93 bits per heavy atom. The van der Waals surface area contributed by atoms with Gasteiger partial charge in [-0.05, 0) is 69.6 Å². The van der Waals surface area contributed by atoms with Gasteiger partial charge in [-0.1, -0.05) is 11.6 Å². The number of fused-ring (bicyclic) bond motifs is 2. The molecule has 1 fully saturated rings. The molecule has 0 saturated carbocycles. The molecule has 1 N–H and O–H groups in total. The number of allylic oxidation sites excluding steroid dienone is 1. The van der Waals surface area contributed by atoms with Gasteiger partial charge in [-0.3, -0.25) is 9.59 Å². The number of hydrogen-bond acceptors (Lipinski definition) is 3. The van der Waals surface area contributed by atoms with Gasteiger partial charge in [-0.2, -0.15) is 0 Å². The molecule has 1 aromatic carbocycles. The Balaban J connectivity index is 1.45. The van der Waals surface area contributed by atoms with Crippen LogP contribution in [0.5, 0.6) is 0 Å². The molecule has 4 rings (SSSR count). The molecule has 2 amide bonds. The van der Waals surface area contributed by atoms with Crippen molar-refractivity contribution in [3.8, 4) is 0 Å². The molecule has 0 radical (unpaired) electrons. The van der Waals surface area contributed by atoms with E-state index in [4.69, 9.17) is 0 Å². The maximum Gasteiger partial charge on any atom is 0.257 e. The van der Waals surface area contributed by atoms with Crippen LogP contribution in [0.4, 0.5) is 5.69 Å². The second-order valence-corrected chi connectivity index (χ2v) is 7.93. The van der Waals surface area contributed by atoms with Gasteiger partial charge in [0.25, 0.3) is 11.8 Å². The normalized spacial score (nSPS) is 22.0. The first-order valence-electron chi connectivity index (χ1n) is 10.3. The summed E-state index contributed by atoms with van der Waals surface area (Å²) in [6.07, 6.45) is 11.5. The maximum absolute atomic E-state index is 12.8. The van der Waals surface area contributed by atoms with Gasteiger partial charge in [-0.15, -0.1) is 0 Å². The van der Waals surface area contributed by atoms with Crippen LogP contribution in [0.25, 0.3) is 0 Å². The monoisotopic (exact) mass is 367 g/mol. The van der Waals surface area contributed by atoms with E-state index in [2.05, 4.69) is 16.3 Å². The lowest BCUT2D eigenvalue weighted by molar-refractivity contribution is 0.0589. The van der Waals surface area contributed by atoms with Gasteiger partial charge in [0.1, 0.15) is 6.17 Å². The van der Waals surface area contributed by atoms with E-state index in [1.54, 1.807) is 6.07 Å². The molecule has 1 atom stereocenters. The molecule has 0 aromatic heterocycles. The van der Waals surface area contributed by atoms with Crippen molar-refractivity contribution in [3.63, 3.8) is 0 Å². The number of amides is 2. The Morgan fingerprint density at radius 2 is 2.11 bits per heavy atom. The van der Waals surface area contributed by atoms with Gasteiger partial charge in [0, 0.05) is 25.7 Å². The summed E-state index contributed by atoms with van der Waals surface area (Å²) >= 11 is 0. The van der Waals surface area contributed by atoms with Crippen LogP contribution < -0.4 is 10.2 Å². The molecule has 0 spiro atoms. The highest BCUT2D eigenvalue weighted by molar-refractivity contribution is 6.04. The van der Waals surface area contributed by atoms with E-state index in [0.29, 0.717) is 17.7 Å². The minimum atomic E-state index is -0.0545. The van der Waals surface area contributed by atoms with Gasteiger partial charge in [0.15, 0.2) is 0 Å². The summed E-state index contributed by atoms with van der Waals surface area (Å²) in [6.45, 7) is 1.50. The Bertz CT molecular complexity index is 771. The van der Waals surface area contributed by atoms with Crippen molar-refractivity contribution >= 4 is 17.5 Å². The molecular weight excluding hydrogens is 338 g/mol. The van der Waals surface area contributed by atoms with Crippen molar-refractivity contribution in [2.75, 3.05) is 25.0 Å². The van der Waals surface area contributed by atoms with Gasteiger partial charge >= 0.3 is 0 Å². The second-order valence-electron chi connectivity index (χ2n) is 7.93. The third-order valence-corrected chi connectivity index (χ3v) is 6.17. The van der Waals surface area contributed by atoms with E-state index in [0.717, 1.165) is 37.9 Å². The van der Waals surface area contributed by atoms with Crippen molar-refractivity contribution in [2.24, 2.45) is 0 Å². The fraction of sp³-hybridized carbons (Fsp3) is 0.545. The average molecular weight is 367 g/mol. The number of hydrogen-bond donors (Lipinski definition) is 1. The molecule has 144 valence electrons. The fourth-order valence-electron chi connectivity index (χ4n) is 4.58. The lowest BCUT2D eigenvalue weighted by Gasteiger charge is -2.46. The van der Waals surface area contributed by atoms with Gasteiger partial charge < -0.3 is 15.1 Å². The van der Waals surface area contributed by atoms with Crippen molar-refractivity contribution in [2.45, 2.75) is 57.5 Å². The maximum atomic E-state index is 12.8. The van der Waals surface area contributed by atoms with Crippen LogP contribution in [0.3, 0.4) is 0 Å². The van der Waals surface area contributed by atoms with Crippen LogP contribution in [-0.4, -0.2) is 43.0 Å². The summed E-state index contributed by atoms with van der Waals surface area (Å²) in [5.41, 5.74) is 3.69. The van der Waals surface area contributed by atoms with E-state index in [-0.39, 0.29) is 18.0 Å². The quantitative estimate of drug-likeness (QED) is 0.826. The van der Waals surface area contributed by atoms with E-state index in [9.17, 15) is 9.59 Å². The fourth-order valence-corrected chi connectivity index (χ4v) is 4.58. The highest BCUT2D eigenvalue weighted by Crippen LogP contribution is 2.34. The SMILES string of the molecule is CN1c2cc(C(=O)NCCC3=CCCCC3)ccc2C(=O)N2CCCC[C@H]21. The van der Waals surface area contributed by atoms with E-state index >= 15 is 0 Å². The van der Waals surface area contributed by atoms with Gasteiger partial charge in [-0.25, -0.2) is 0 Å². The summed E-state index contributed by atoms with van der Waals surface area (Å²) in [5, 5.41) is 3.04. The third kappa shape index (κ3) is 3.60. The average Bonchev–Trinajstić information content (AvgIpc) is 2.72. The lowest BCUT2D eigenvalue weighted by atomic mass is 9.97. The molecule has 1 aromatic rings. The molecule has 0 bridgehead atoms. The van der Waals surface area contributed by atoms with E-state index in [1.807, 2.05) is 24.1 Å². The molecule has 5 heteroatoms. The highest BCUT2D eigenvalue weighted by atomic mass is 16.2. The third-order valence-electron chi connectivity index (χ3n) is 6.17. The molecule has 0 unspecified atom stereocenters. The van der Waals surface area contributed by atoms with Crippen molar-refractivity contribution < 1.29 is 9.59 Å². The van der Waals surface area contributed by atoms with Crippen LogP contribution >= 0.6 is 0 Å². The van der Waals surface area contributed by atoms with E-state index < -0.39 is 0 Å².